The lowest BCUT2D eigenvalue weighted by Gasteiger charge is -2.44. The summed E-state index contributed by atoms with van der Waals surface area (Å²) in [5, 5.41) is 8.43. The molecule has 0 bridgehead atoms. The van der Waals surface area contributed by atoms with Gasteiger partial charge in [0.2, 0.25) is 11.7 Å². The van der Waals surface area contributed by atoms with Gasteiger partial charge in [0, 0.05) is 32.1 Å². The largest absolute Gasteiger partial charge is 0.338 e. The van der Waals surface area contributed by atoms with Crippen molar-refractivity contribution in [1.82, 2.24) is 24.6 Å². The molecule has 1 unspecified atom stereocenters. The number of rotatable bonds is 2. The van der Waals surface area contributed by atoms with Crippen molar-refractivity contribution in [1.29, 1.82) is 0 Å². The lowest BCUT2D eigenvalue weighted by atomic mass is 9.85. The molecule has 5 rings (SSSR count). The highest BCUT2D eigenvalue weighted by Gasteiger charge is 2.55. The highest BCUT2D eigenvalue weighted by Crippen LogP contribution is 2.42. The van der Waals surface area contributed by atoms with E-state index in [1.807, 2.05) is 14.4 Å². The van der Waals surface area contributed by atoms with Gasteiger partial charge in [-0.1, -0.05) is 0 Å². The van der Waals surface area contributed by atoms with Gasteiger partial charge < -0.3 is 14.4 Å². The predicted octanol–water partition coefficient (Wildman–Crippen LogP) is 1.37. The number of aromatic nitrogens is 3. The van der Waals surface area contributed by atoms with Crippen molar-refractivity contribution >= 4 is 11.8 Å². The maximum Gasteiger partial charge on any atom is 0.292 e. The van der Waals surface area contributed by atoms with E-state index in [0.717, 1.165) is 76.7 Å². The van der Waals surface area contributed by atoms with Gasteiger partial charge in [0.1, 0.15) is 11.4 Å². The smallest absolute Gasteiger partial charge is 0.292 e. The van der Waals surface area contributed by atoms with Crippen LogP contribution in [0.4, 0.5) is 0 Å². The SMILES string of the molecule is O=C(c1nnc2n1CCCC2)N1CCCC12CCCN(C1CC1)C2=O. The first-order valence-corrected chi connectivity index (χ1v) is 9.76. The molecule has 1 aromatic heterocycles. The summed E-state index contributed by atoms with van der Waals surface area (Å²) in [6.45, 7) is 2.32. The predicted molar refractivity (Wildman–Crippen MR) is 89.9 cm³/mol. The number of hydrogen-bond acceptors (Lipinski definition) is 4. The van der Waals surface area contributed by atoms with Gasteiger partial charge in [-0.25, -0.2) is 0 Å². The molecule has 4 heterocycles. The van der Waals surface area contributed by atoms with Crippen LogP contribution in [-0.4, -0.2) is 61.0 Å². The maximum atomic E-state index is 13.3. The summed E-state index contributed by atoms with van der Waals surface area (Å²) in [4.78, 5) is 30.5. The second-order valence-corrected chi connectivity index (χ2v) is 7.97. The molecule has 1 spiro atoms. The molecule has 2 amide bonds. The topological polar surface area (TPSA) is 71.3 Å². The summed E-state index contributed by atoms with van der Waals surface area (Å²) < 4.78 is 1.98. The molecule has 1 aliphatic carbocycles. The van der Waals surface area contributed by atoms with E-state index in [1.54, 1.807) is 0 Å². The molecule has 0 N–H and O–H groups in total. The molecule has 1 atom stereocenters. The highest BCUT2D eigenvalue weighted by molar-refractivity contribution is 5.98. The molecule has 7 heteroatoms. The lowest BCUT2D eigenvalue weighted by molar-refractivity contribution is -0.146. The fourth-order valence-electron chi connectivity index (χ4n) is 5.00. The lowest BCUT2D eigenvalue weighted by Crippen LogP contribution is -2.62. The average molecular weight is 343 g/mol. The van der Waals surface area contributed by atoms with Gasteiger partial charge in [0.25, 0.3) is 5.91 Å². The molecule has 3 fully saturated rings. The van der Waals surface area contributed by atoms with E-state index in [-0.39, 0.29) is 11.8 Å². The molecule has 7 nitrogen and oxygen atoms in total. The number of amides is 2. The van der Waals surface area contributed by atoms with Crippen LogP contribution < -0.4 is 0 Å². The highest BCUT2D eigenvalue weighted by atomic mass is 16.2. The molecule has 0 radical (unpaired) electrons. The molecule has 4 aliphatic rings. The summed E-state index contributed by atoms with van der Waals surface area (Å²) in [6, 6.07) is 0.420. The Hall–Kier alpha value is -1.92. The third kappa shape index (κ3) is 2.24. The number of aryl methyl sites for hydroxylation is 1. The Balaban J connectivity index is 1.47. The van der Waals surface area contributed by atoms with E-state index in [4.69, 9.17) is 0 Å². The Labute approximate surface area is 147 Å². The van der Waals surface area contributed by atoms with Crippen LogP contribution in [-0.2, 0) is 17.8 Å². The van der Waals surface area contributed by atoms with Crippen molar-refractivity contribution in [3.8, 4) is 0 Å². The van der Waals surface area contributed by atoms with Gasteiger partial charge >= 0.3 is 0 Å². The van der Waals surface area contributed by atoms with Crippen molar-refractivity contribution in [3.05, 3.63) is 11.6 Å². The number of nitrogens with zero attached hydrogens (tertiary/aromatic N) is 5. The van der Waals surface area contributed by atoms with Crippen LogP contribution in [0.1, 0.15) is 67.8 Å². The number of hydrogen-bond donors (Lipinski definition) is 0. The standard InChI is InChI=1S/C18H25N5O2/c24-16(15-20-19-14-5-1-2-10-22(14)15)23-12-4-9-18(23)8-3-11-21(17(18)25)13-6-7-13/h13H,1-12H2. The van der Waals surface area contributed by atoms with Crippen LogP contribution in [0.5, 0.6) is 0 Å². The quantitative estimate of drug-likeness (QED) is 0.813. The maximum absolute atomic E-state index is 13.3. The van der Waals surface area contributed by atoms with E-state index in [0.29, 0.717) is 18.4 Å². The number of carbonyl (C=O) groups is 2. The molecule has 25 heavy (non-hydrogen) atoms. The summed E-state index contributed by atoms with van der Waals surface area (Å²) in [5.41, 5.74) is -0.626. The van der Waals surface area contributed by atoms with Gasteiger partial charge in [-0.05, 0) is 51.4 Å². The molecular formula is C18H25N5O2. The first-order chi connectivity index (χ1) is 12.2. The van der Waals surface area contributed by atoms with Crippen LogP contribution in [0.3, 0.4) is 0 Å². The van der Waals surface area contributed by atoms with Crippen LogP contribution in [0, 0.1) is 0 Å². The molecule has 1 saturated carbocycles. The van der Waals surface area contributed by atoms with Crippen molar-refractivity contribution in [2.45, 2.75) is 75.9 Å². The van der Waals surface area contributed by atoms with E-state index < -0.39 is 5.54 Å². The zero-order valence-electron chi connectivity index (χ0n) is 14.6. The summed E-state index contributed by atoms with van der Waals surface area (Å²) in [7, 11) is 0. The second-order valence-electron chi connectivity index (χ2n) is 7.97. The fourth-order valence-corrected chi connectivity index (χ4v) is 5.00. The van der Waals surface area contributed by atoms with Crippen molar-refractivity contribution in [2.24, 2.45) is 0 Å². The Morgan fingerprint density at radius 1 is 1.00 bits per heavy atom. The van der Waals surface area contributed by atoms with Crippen molar-refractivity contribution in [3.63, 3.8) is 0 Å². The van der Waals surface area contributed by atoms with Gasteiger partial charge in [-0.2, -0.15) is 0 Å². The third-order valence-corrected chi connectivity index (χ3v) is 6.42. The van der Waals surface area contributed by atoms with Gasteiger partial charge in [0.15, 0.2) is 0 Å². The Morgan fingerprint density at radius 3 is 2.60 bits per heavy atom. The van der Waals surface area contributed by atoms with Crippen LogP contribution >= 0.6 is 0 Å². The molecule has 2 saturated heterocycles. The Bertz CT molecular complexity index is 725. The van der Waals surface area contributed by atoms with Crippen molar-refractivity contribution in [2.75, 3.05) is 13.1 Å². The number of fused-ring (bicyclic) bond motifs is 1. The first-order valence-electron chi connectivity index (χ1n) is 9.76. The number of carbonyl (C=O) groups excluding carboxylic acids is 2. The normalized spacial score (nSPS) is 29.4. The fraction of sp³-hybridized carbons (Fsp3) is 0.778. The number of piperidine rings is 1. The average Bonchev–Trinajstić information content (AvgIpc) is 3.24. The van der Waals surface area contributed by atoms with E-state index in [1.165, 1.54) is 0 Å². The molecule has 1 aromatic rings. The van der Waals surface area contributed by atoms with Crippen molar-refractivity contribution < 1.29 is 9.59 Å². The van der Waals surface area contributed by atoms with Crippen LogP contribution in [0.25, 0.3) is 0 Å². The summed E-state index contributed by atoms with van der Waals surface area (Å²) >= 11 is 0. The van der Waals surface area contributed by atoms with E-state index >= 15 is 0 Å². The van der Waals surface area contributed by atoms with Crippen LogP contribution in [0.2, 0.25) is 0 Å². The minimum atomic E-state index is -0.626. The minimum Gasteiger partial charge on any atom is -0.338 e. The van der Waals surface area contributed by atoms with E-state index in [2.05, 4.69) is 10.2 Å². The second kappa shape index (κ2) is 5.54. The Morgan fingerprint density at radius 2 is 1.80 bits per heavy atom. The molecule has 3 aliphatic heterocycles. The molecular weight excluding hydrogens is 318 g/mol. The van der Waals surface area contributed by atoms with Gasteiger partial charge in [0.05, 0.1) is 0 Å². The third-order valence-electron chi connectivity index (χ3n) is 6.42. The monoisotopic (exact) mass is 343 g/mol. The van der Waals surface area contributed by atoms with Crippen LogP contribution in [0.15, 0.2) is 0 Å². The van der Waals surface area contributed by atoms with Gasteiger partial charge in [-0.3, -0.25) is 9.59 Å². The first kappa shape index (κ1) is 15.3. The minimum absolute atomic E-state index is 0.0934. The summed E-state index contributed by atoms with van der Waals surface area (Å²) in [6.07, 6.45) is 8.77. The molecule has 134 valence electrons. The zero-order valence-corrected chi connectivity index (χ0v) is 14.6. The molecule has 0 aromatic carbocycles. The Kier molecular flexibility index (Phi) is 3.40. The van der Waals surface area contributed by atoms with Gasteiger partial charge in [-0.15, -0.1) is 10.2 Å². The van der Waals surface area contributed by atoms with E-state index in [9.17, 15) is 9.59 Å². The zero-order chi connectivity index (χ0) is 17.0. The number of likely N-dealkylation sites (tertiary alicyclic amines) is 2. The summed E-state index contributed by atoms with van der Waals surface area (Å²) in [5.74, 6) is 1.44.